The van der Waals surface area contributed by atoms with E-state index in [9.17, 15) is 0 Å². The molecule has 0 amide bonds. The number of benzene rings is 1. The maximum absolute atomic E-state index is 9.16. The van der Waals surface area contributed by atoms with Crippen LogP contribution in [0, 0.1) is 20.8 Å². The fraction of sp³-hybridized carbons (Fsp3) is 0.526. The second-order valence-electron chi connectivity index (χ2n) is 6.70. The molecule has 0 saturated carbocycles. The lowest BCUT2D eigenvalue weighted by Crippen LogP contribution is -2.26. The Kier molecular flexibility index (Phi) is 6.44. The summed E-state index contributed by atoms with van der Waals surface area (Å²) in [5.41, 5.74) is 8.07. The summed E-state index contributed by atoms with van der Waals surface area (Å²) in [4.78, 5) is 0. The molecule has 0 aliphatic heterocycles. The van der Waals surface area contributed by atoms with Crippen LogP contribution < -0.4 is 5.32 Å². The Balaban J connectivity index is 0.00000208. The summed E-state index contributed by atoms with van der Waals surface area (Å²) in [6, 6.07) is 4.89. The lowest BCUT2D eigenvalue weighted by molar-refractivity contribution is 0.266. The second kappa shape index (κ2) is 8.15. The van der Waals surface area contributed by atoms with Crippen molar-refractivity contribution >= 4 is 12.4 Å². The largest absolute Gasteiger partial charge is 0.394 e. The van der Waals surface area contributed by atoms with Gasteiger partial charge in [-0.05, 0) is 56.7 Å². The van der Waals surface area contributed by atoms with Crippen LogP contribution in [0.25, 0.3) is 0 Å². The standard InChI is InChI=1S/C19H27N3O.ClH/c1-13-9-14(2)16(15(3)10-13)11-20-18-5-4-6-19-17(18)12-21-22(19)7-8-23;/h9-10,12,18,20,23H,4-8,11H2,1-3H3;1H. The zero-order valence-electron chi connectivity index (χ0n) is 14.8. The molecule has 2 N–H and O–H groups in total. The number of nitrogens with zero attached hydrogens (tertiary/aromatic N) is 2. The van der Waals surface area contributed by atoms with Crippen LogP contribution in [0.3, 0.4) is 0 Å². The second-order valence-corrected chi connectivity index (χ2v) is 6.70. The predicted molar refractivity (Wildman–Crippen MR) is 99.7 cm³/mol. The minimum Gasteiger partial charge on any atom is -0.394 e. The van der Waals surface area contributed by atoms with E-state index in [0.29, 0.717) is 12.6 Å². The Hall–Kier alpha value is -1.36. The SMILES string of the molecule is Cc1cc(C)c(CNC2CCCc3c2cnn3CCO)c(C)c1.Cl. The van der Waals surface area contributed by atoms with Gasteiger partial charge >= 0.3 is 0 Å². The van der Waals surface area contributed by atoms with Gasteiger partial charge in [0, 0.05) is 23.8 Å². The maximum Gasteiger partial charge on any atom is 0.0644 e. The molecule has 1 heterocycles. The van der Waals surface area contributed by atoms with Crippen molar-refractivity contribution < 1.29 is 5.11 Å². The molecule has 1 aliphatic carbocycles. The number of hydrogen-bond acceptors (Lipinski definition) is 3. The van der Waals surface area contributed by atoms with Gasteiger partial charge in [0.05, 0.1) is 19.3 Å². The van der Waals surface area contributed by atoms with E-state index in [2.05, 4.69) is 43.3 Å². The Bertz CT molecular complexity index is 673. The highest BCUT2D eigenvalue weighted by Crippen LogP contribution is 2.30. The molecule has 1 aliphatic rings. The minimum absolute atomic E-state index is 0. The highest BCUT2D eigenvalue weighted by Gasteiger charge is 2.24. The molecular formula is C19H28ClN3O. The van der Waals surface area contributed by atoms with Gasteiger partial charge in [-0.1, -0.05) is 17.7 Å². The molecule has 24 heavy (non-hydrogen) atoms. The van der Waals surface area contributed by atoms with E-state index in [1.807, 2.05) is 10.9 Å². The smallest absolute Gasteiger partial charge is 0.0644 e. The van der Waals surface area contributed by atoms with Crippen molar-refractivity contribution in [3.63, 3.8) is 0 Å². The maximum atomic E-state index is 9.16. The van der Waals surface area contributed by atoms with Gasteiger partial charge in [-0.15, -0.1) is 12.4 Å². The van der Waals surface area contributed by atoms with Gasteiger partial charge < -0.3 is 10.4 Å². The van der Waals surface area contributed by atoms with Gasteiger partial charge in [0.2, 0.25) is 0 Å². The zero-order chi connectivity index (χ0) is 16.4. The van der Waals surface area contributed by atoms with E-state index in [-0.39, 0.29) is 19.0 Å². The van der Waals surface area contributed by atoms with E-state index in [4.69, 9.17) is 5.11 Å². The first kappa shape index (κ1) is 19.0. The van der Waals surface area contributed by atoms with Crippen LogP contribution in [0.2, 0.25) is 0 Å². The first-order valence-corrected chi connectivity index (χ1v) is 8.55. The van der Waals surface area contributed by atoms with Crippen LogP contribution in [0.1, 0.15) is 52.4 Å². The molecule has 1 aromatic carbocycles. The molecule has 3 rings (SSSR count). The number of rotatable bonds is 5. The van der Waals surface area contributed by atoms with Crippen molar-refractivity contribution in [1.29, 1.82) is 0 Å². The molecule has 0 bridgehead atoms. The molecule has 0 fully saturated rings. The summed E-state index contributed by atoms with van der Waals surface area (Å²) in [5, 5.41) is 17.4. The first-order valence-electron chi connectivity index (χ1n) is 8.55. The molecular weight excluding hydrogens is 322 g/mol. The number of aromatic nitrogens is 2. The van der Waals surface area contributed by atoms with Crippen LogP contribution in [0.15, 0.2) is 18.3 Å². The number of aliphatic hydroxyl groups is 1. The summed E-state index contributed by atoms with van der Waals surface area (Å²) >= 11 is 0. The fourth-order valence-corrected chi connectivity index (χ4v) is 3.83. The quantitative estimate of drug-likeness (QED) is 0.869. The van der Waals surface area contributed by atoms with Gasteiger partial charge in [-0.2, -0.15) is 5.10 Å². The highest BCUT2D eigenvalue weighted by atomic mass is 35.5. The third kappa shape index (κ3) is 3.82. The van der Waals surface area contributed by atoms with Crippen LogP contribution >= 0.6 is 12.4 Å². The lowest BCUT2D eigenvalue weighted by Gasteiger charge is -2.25. The summed E-state index contributed by atoms with van der Waals surface area (Å²) < 4.78 is 1.96. The molecule has 1 aromatic heterocycles. The molecule has 5 heteroatoms. The average molecular weight is 350 g/mol. The fourth-order valence-electron chi connectivity index (χ4n) is 3.83. The van der Waals surface area contributed by atoms with E-state index in [1.165, 1.54) is 39.9 Å². The number of aliphatic hydroxyl groups excluding tert-OH is 1. The number of nitrogens with one attached hydrogen (secondary N) is 1. The number of aryl methyl sites for hydroxylation is 3. The molecule has 1 unspecified atom stereocenters. The van der Waals surface area contributed by atoms with E-state index in [1.54, 1.807) is 0 Å². The van der Waals surface area contributed by atoms with Gasteiger partial charge in [-0.3, -0.25) is 4.68 Å². The molecule has 1 atom stereocenters. The Morgan fingerprint density at radius 3 is 2.62 bits per heavy atom. The van der Waals surface area contributed by atoms with Crippen molar-refractivity contribution in [1.82, 2.24) is 15.1 Å². The van der Waals surface area contributed by atoms with E-state index in [0.717, 1.165) is 19.4 Å². The predicted octanol–water partition coefficient (Wildman–Crippen LogP) is 3.39. The molecule has 2 aromatic rings. The number of hydrogen-bond donors (Lipinski definition) is 2. The third-order valence-electron chi connectivity index (χ3n) is 4.94. The minimum atomic E-state index is 0. The van der Waals surface area contributed by atoms with Crippen molar-refractivity contribution in [3.05, 3.63) is 51.8 Å². The average Bonchev–Trinajstić information content (AvgIpc) is 2.91. The summed E-state index contributed by atoms with van der Waals surface area (Å²) in [5.74, 6) is 0. The van der Waals surface area contributed by atoms with Crippen molar-refractivity contribution in [2.24, 2.45) is 0 Å². The summed E-state index contributed by atoms with van der Waals surface area (Å²) in [6.07, 6.45) is 5.38. The van der Waals surface area contributed by atoms with Crippen molar-refractivity contribution in [2.45, 2.75) is 59.2 Å². The first-order chi connectivity index (χ1) is 11.1. The lowest BCUT2D eigenvalue weighted by atomic mass is 9.92. The number of halogens is 1. The van der Waals surface area contributed by atoms with Crippen LogP contribution in [-0.2, 0) is 19.5 Å². The molecule has 0 radical (unpaired) electrons. The third-order valence-corrected chi connectivity index (χ3v) is 4.94. The van der Waals surface area contributed by atoms with Gasteiger partial charge in [0.15, 0.2) is 0 Å². The zero-order valence-corrected chi connectivity index (χ0v) is 15.6. The van der Waals surface area contributed by atoms with E-state index < -0.39 is 0 Å². The summed E-state index contributed by atoms with van der Waals surface area (Å²) in [6.45, 7) is 8.19. The van der Waals surface area contributed by atoms with Crippen LogP contribution in [0.4, 0.5) is 0 Å². The van der Waals surface area contributed by atoms with Gasteiger partial charge in [0.25, 0.3) is 0 Å². The monoisotopic (exact) mass is 349 g/mol. The van der Waals surface area contributed by atoms with Crippen molar-refractivity contribution in [2.75, 3.05) is 6.61 Å². The Morgan fingerprint density at radius 1 is 1.25 bits per heavy atom. The normalized spacial score (nSPS) is 16.6. The summed E-state index contributed by atoms with van der Waals surface area (Å²) in [7, 11) is 0. The van der Waals surface area contributed by atoms with Crippen molar-refractivity contribution in [3.8, 4) is 0 Å². The van der Waals surface area contributed by atoms with Crippen LogP contribution in [-0.4, -0.2) is 21.5 Å². The molecule has 0 saturated heterocycles. The number of fused-ring (bicyclic) bond motifs is 1. The molecule has 132 valence electrons. The molecule has 0 spiro atoms. The van der Waals surface area contributed by atoms with Gasteiger partial charge in [0.1, 0.15) is 0 Å². The Morgan fingerprint density at radius 2 is 1.96 bits per heavy atom. The molecule has 4 nitrogen and oxygen atoms in total. The van der Waals surface area contributed by atoms with E-state index >= 15 is 0 Å². The topological polar surface area (TPSA) is 50.1 Å². The Labute approximate surface area is 150 Å². The van der Waals surface area contributed by atoms with Crippen LogP contribution in [0.5, 0.6) is 0 Å². The van der Waals surface area contributed by atoms with Gasteiger partial charge in [-0.25, -0.2) is 0 Å². The highest BCUT2D eigenvalue weighted by molar-refractivity contribution is 5.85.